The highest BCUT2D eigenvalue weighted by Gasteiger charge is 2.24. The average molecular weight is 209 g/mol. The van der Waals surface area contributed by atoms with Crippen LogP contribution in [0.5, 0.6) is 11.5 Å². The lowest BCUT2D eigenvalue weighted by Crippen LogP contribution is -1.98. The summed E-state index contributed by atoms with van der Waals surface area (Å²) in [6.07, 6.45) is 1.52. The van der Waals surface area contributed by atoms with Gasteiger partial charge in [0.2, 0.25) is 0 Å². The fourth-order valence-electron chi connectivity index (χ4n) is 2.03. The fraction of sp³-hybridized carbons (Fsp3) is 0.455. The Morgan fingerprint density at radius 3 is 3.07 bits per heavy atom. The van der Waals surface area contributed by atoms with E-state index in [-0.39, 0.29) is 11.6 Å². The van der Waals surface area contributed by atoms with Gasteiger partial charge in [0, 0.05) is 30.3 Å². The van der Waals surface area contributed by atoms with Crippen LogP contribution in [0.1, 0.15) is 12.0 Å². The molecule has 0 unspecified atom stereocenters. The first-order valence-electron chi connectivity index (χ1n) is 5.21. The van der Waals surface area contributed by atoms with Crippen LogP contribution in [0.15, 0.2) is 6.07 Å². The number of nitrogens with one attached hydrogen (secondary N) is 1. The van der Waals surface area contributed by atoms with Crippen molar-refractivity contribution in [3.63, 3.8) is 0 Å². The molecule has 1 aromatic rings. The first-order chi connectivity index (χ1) is 7.36. The molecule has 0 saturated heterocycles. The molecule has 1 aromatic carbocycles. The summed E-state index contributed by atoms with van der Waals surface area (Å²) >= 11 is 0. The smallest absolute Gasteiger partial charge is 0.197 e. The Kier molecular flexibility index (Phi) is 1.94. The Balaban J connectivity index is 2.15. The van der Waals surface area contributed by atoms with E-state index in [1.54, 1.807) is 0 Å². The highest BCUT2D eigenvalue weighted by Crippen LogP contribution is 2.40. The number of anilines is 1. The van der Waals surface area contributed by atoms with Gasteiger partial charge >= 0.3 is 0 Å². The molecule has 3 rings (SSSR count). The van der Waals surface area contributed by atoms with Gasteiger partial charge in [0.15, 0.2) is 17.3 Å². The lowest BCUT2D eigenvalue weighted by Gasteiger charge is -2.11. The normalized spacial score (nSPS) is 17.9. The molecule has 0 saturated carbocycles. The summed E-state index contributed by atoms with van der Waals surface area (Å²) in [6, 6.07) is 1.84. The zero-order valence-electron chi connectivity index (χ0n) is 8.31. The van der Waals surface area contributed by atoms with E-state index in [4.69, 9.17) is 9.47 Å². The summed E-state index contributed by atoms with van der Waals surface area (Å²) in [5.74, 6) is 0.558. The molecule has 0 amide bonds. The summed E-state index contributed by atoms with van der Waals surface area (Å²) in [7, 11) is 0. The minimum Gasteiger partial charge on any atom is -0.489 e. The standard InChI is InChI=1S/C11H12FNO2/c12-10-7-2-3-13-8(7)6-9-11(10)15-5-1-4-14-9/h6,13H,1-5H2. The van der Waals surface area contributed by atoms with Crippen molar-refractivity contribution in [3.8, 4) is 11.5 Å². The van der Waals surface area contributed by atoms with Gasteiger partial charge in [0.1, 0.15) is 0 Å². The number of ether oxygens (including phenoxy) is 2. The molecule has 15 heavy (non-hydrogen) atoms. The molecule has 2 aliphatic rings. The zero-order valence-corrected chi connectivity index (χ0v) is 8.31. The number of benzene rings is 1. The molecule has 0 bridgehead atoms. The maximum absolute atomic E-state index is 14.0. The van der Waals surface area contributed by atoms with E-state index in [1.807, 2.05) is 6.07 Å². The number of hydrogen-bond acceptors (Lipinski definition) is 3. The van der Waals surface area contributed by atoms with Gasteiger partial charge in [-0.25, -0.2) is 4.39 Å². The average Bonchev–Trinajstić information content (AvgIpc) is 2.56. The van der Waals surface area contributed by atoms with E-state index in [1.165, 1.54) is 0 Å². The van der Waals surface area contributed by atoms with Crippen molar-refractivity contribution in [2.45, 2.75) is 12.8 Å². The van der Waals surface area contributed by atoms with Crippen LogP contribution >= 0.6 is 0 Å². The van der Waals surface area contributed by atoms with E-state index in [0.29, 0.717) is 19.0 Å². The van der Waals surface area contributed by atoms with Crippen molar-refractivity contribution in [2.75, 3.05) is 25.1 Å². The van der Waals surface area contributed by atoms with Crippen molar-refractivity contribution >= 4 is 5.69 Å². The quantitative estimate of drug-likeness (QED) is 0.708. The van der Waals surface area contributed by atoms with Gasteiger partial charge in [-0.3, -0.25) is 0 Å². The Hall–Kier alpha value is -1.45. The molecule has 1 N–H and O–H groups in total. The molecule has 2 heterocycles. The van der Waals surface area contributed by atoms with Crippen molar-refractivity contribution in [2.24, 2.45) is 0 Å². The predicted molar refractivity (Wildman–Crippen MR) is 54.2 cm³/mol. The molecule has 3 nitrogen and oxygen atoms in total. The van der Waals surface area contributed by atoms with Crippen molar-refractivity contribution < 1.29 is 13.9 Å². The minimum atomic E-state index is -0.255. The number of hydrogen-bond donors (Lipinski definition) is 1. The van der Waals surface area contributed by atoms with Gasteiger partial charge in [-0.05, 0) is 6.42 Å². The van der Waals surface area contributed by atoms with Crippen molar-refractivity contribution in [3.05, 3.63) is 17.4 Å². The third-order valence-corrected chi connectivity index (χ3v) is 2.77. The van der Waals surface area contributed by atoms with Crippen LogP contribution in [-0.4, -0.2) is 19.8 Å². The SMILES string of the molecule is Fc1c2c(cc3c1OCCCO3)NCC2. The molecule has 0 spiro atoms. The highest BCUT2D eigenvalue weighted by molar-refractivity contribution is 5.64. The van der Waals surface area contributed by atoms with Gasteiger partial charge < -0.3 is 14.8 Å². The van der Waals surface area contributed by atoms with Crippen molar-refractivity contribution in [1.82, 2.24) is 0 Å². The molecule has 0 aromatic heterocycles. The molecule has 2 aliphatic heterocycles. The minimum absolute atomic E-state index is 0.255. The van der Waals surface area contributed by atoms with Gasteiger partial charge in [0.25, 0.3) is 0 Å². The lowest BCUT2D eigenvalue weighted by atomic mass is 10.1. The fourth-order valence-corrected chi connectivity index (χ4v) is 2.03. The second-order valence-corrected chi connectivity index (χ2v) is 3.77. The Morgan fingerprint density at radius 1 is 1.27 bits per heavy atom. The van der Waals surface area contributed by atoms with Crippen LogP contribution in [0.4, 0.5) is 10.1 Å². The topological polar surface area (TPSA) is 30.5 Å². The summed E-state index contributed by atoms with van der Waals surface area (Å²) < 4.78 is 24.8. The van der Waals surface area contributed by atoms with Crippen LogP contribution in [0.3, 0.4) is 0 Å². The summed E-state index contributed by atoms with van der Waals surface area (Å²) in [5.41, 5.74) is 1.57. The third kappa shape index (κ3) is 1.32. The number of rotatable bonds is 0. The van der Waals surface area contributed by atoms with Crippen LogP contribution in [-0.2, 0) is 6.42 Å². The molecule has 4 heteroatoms. The first-order valence-corrected chi connectivity index (χ1v) is 5.21. The van der Waals surface area contributed by atoms with E-state index in [0.717, 1.165) is 30.6 Å². The molecule has 0 aliphatic carbocycles. The lowest BCUT2D eigenvalue weighted by molar-refractivity contribution is 0.291. The first kappa shape index (κ1) is 8.83. The molecule has 0 atom stereocenters. The van der Waals surface area contributed by atoms with Gasteiger partial charge in [-0.15, -0.1) is 0 Å². The molecular formula is C11H12FNO2. The molecular weight excluding hydrogens is 197 g/mol. The van der Waals surface area contributed by atoms with E-state index < -0.39 is 0 Å². The van der Waals surface area contributed by atoms with Crippen LogP contribution in [0, 0.1) is 5.82 Å². The summed E-state index contributed by atoms with van der Waals surface area (Å²) in [6.45, 7) is 1.90. The summed E-state index contributed by atoms with van der Waals surface area (Å²) in [5, 5.41) is 3.14. The van der Waals surface area contributed by atoms with Crippen LogP contribution < -0.4 is 14.8 Å². The van der Waals surface area contributed by atoms with Gasteiger partial charge in [-0.1, -0.05) is 0 Å². The second-order valence-electron chi connectivity index (χ2n) is 3.77. The summed E-state index contributed by atoms with van der Waals surface area (Å²) in [4.78, 5) is 0. The van der Waals surface area contributed by atoms with E-state index in [2.05, 4.69) is 5.32 Å². The number of fused-ring (bicyclic) bond motifs is 2. The molecule has 0 radical (unpaired) electrons. The van der Waals surface area contributed by atoms with Crippen LogP contribution in [0.25, 0.3) is 0 Å². The monoisotopic (exact) mass is 209 g/mol. The van der Waals surface area contributed by atoms with E-state index >= 15 is 0 Å². The van der Waals surface area contributed by atoms with Gasteiger partial charge in [0.05, 0.1) is 13.2 Å². The largest absolute Gasteiger partial charge is 0.489 e. The molecule has 0 fully saturated rings. The highest BCUT2D eigenvalue weighted by atomic mass is 19.1. The van der Waals surface area contributed by atoms with Crippen LogP contribution in [0.2, 0.25) is 0 Å². The predicted octanol–water partition coefficient (Wildman–Crippen LogP) is 1.95. The Morgan fingerprint density at radius 2 is 2.13 bits per heavy atom. The maximum Gasteiger partial charge on any atom is 0.197 e. The Labute approximate surface area is 87.2 Å². The maximum atomic E-state index is 14.0. The molecule has 80 valence electrons. The number of halogens is 1. The van der Waals surface area contributed by atoms with Gasteiger partial charge in [-0.2, -0.15) is 0 Å². The third-order valence-electron chi connectivity index (χ3n) is 2.77. The Bertz CT molecular complexity index is 406. The van der Waals surface area contributed by atoms with Crippen molar-refractivity contribution in [1.29, 1.82) is 0 Å². The van der Waals surface area contributed by atoms with E-state index in [9.17, 15) is 4.39 Å². The second kappa shape index (κ2) is 3.29. The zero-order chi connectivity index (χ0) is 10.3.